The number of rotatable bonds is 4. The summed E-state index contributed by atoms with van der Waals surface area (Å²) >= 11 is 6.54. The highest BCUT2D eigenvalue weighted by atomic mass is 35.5. The van der Waals surface area contributed by atoms with Crippen LogP contribution >= 0.6 is 11.6 Å². The van der Waals surface area contributed by atoms with Gasteiger partial charge < -0.3 is 19.7 Å². The molecule has 0 saturated carbocycles. The van der Waals surface area contributed by atoms with Crippen LogP contribution in [0.5, 0.6) is 0 Å². The highest BCUT2D eigenvalue weighted by Gasteiger charge is 2.48. The highest BCUT2D eigenvalue weighted by molar-refractivity contribution is 6.31. The van der Waals surface area contributed by atoms with Crippen LogP contribution in [0.4, 0.5) is 0 Å². The Kier molecular flexibility index (Phi) is 5.28. The molecule has 5 heteroatoms. The van der Waals surface area contributed by atoms with Gasteiger partial charge in [0.1, 0.15) is 0 Å². The lowest BCUT2D eigenvalue weighted by atomic mass is 9.90. The Labute approximate surface area is 164 Å². The van der Waals surface area contributed by atoms with E-state index in [-0.39, 0.29) is 6.61 Å². The average molecular weight is 389 g/mol. The van der Waals surface area contributed by atoms with Crippen molar-refractivity contribution in [3.05, 3.63) is 69.2 Å². The molecule has 0 aliphatic carbocycles. The van der Waals surface area contributed by atoms with Gasteiger partial charge in [-0.25, -0.2) is 0 Å². The maximum absolute atomic E-state index is 10.3. The van der Waals surface area contributed by atoms with Gasteiger partial charge >= 0.3 is 0 Å². The van der Waals surface area contributed by atoms with E-state index in [2.05, 4.69) is 31.2 Å². The zero-order chi connectivity index (χ0) is 19.0. The van der Waals surface area contributed by atoms with Crippen LogP contribution in [-0.4, -0.2) is 29.0 Å². The molecule has 0 amide bonds. The summed E-state index contributed by atoms with van der Waals surface area (Å²) in [4.78, 5) is 0. The molecule has 144 valence electrons. The van der Waals surface area contributed by atoms with Gasteiger partial charge in [0.05, 0.1) is 25.4 Å². The topological polar surface area (TPSA) is 58.9 Å². The van der Waals surface area contributed by atoms with Gasteiger partial charge in [-0.3, -0.25) is 0 Å². The first kappa shape index (κ1) is 18.9. The van der Waals surface area contributed by atoms with Crippen LogP contribution in [0.2, 0.25) is 5.02 Å². The van der Waals surface area contributed by atoms with Crippen molar-refractivity contribution in [2.75, 3.05) is 6.61 Å². The molecular formula is C22H25ClO4. The molecule has 2 aromatic rings. The number of aliphatic hydroxyl groups excluding tert-OH is 2. The Balaban J connectivity index is 1.66. The molecule has 2 aliphatic rings. The van der Waals surface area contributed by atoms with Crippen molar-refractivity contribution in [3.8, 4) is 0 Å². The third kappa shape index (κ3) is 3.65. The molecule has 1 spiro atoms. The van der Waals surface area contributed by atoms with E-state index >= 15 is 0 Å². The van der Waals surface area contributed by atoms with E-state index < -0.39 is 18.0 Å². The zero-order valence-electron chi connectivity index (χ0n) is 15.5. The first-order chi connectivity index (χ1) is 13.0. The van der Waals surface area contributed by atoms with Crippen molar-refractivity contribution in [1.29, 1.82) is 0 Å². The van der Waals surface area contributed by atoms with E-state index in [0.29, 0.717) is 24.5 Å². The van der Waals surface area contributed by atoms with Crippen molar-refractivity contribution >= 4 is 11.6 Å². The van der Waals surface area contributed by atoms with Crippen LogP contribution in [0.25, 0.3) is 0 Å². The van der Waals surface area contributed by atoms with Gasteiger partial charge in [-0.05, 0) is 47.2 Å². The van der Waals surface area contributed by atoms with E-state index in [9.17, 15) is 10.2 Å². The lowest BCUT2D eigenvalue weighted by Gasteiger charge is -2.40. The van der Waals surface area contributed by atoms with Crippen LogP contribution < -0.4 is 0 Å². The molecule has 2 N–H and O–H groups in total. The Hall–Kier alpha value is -1.43. The smallest absolute Gasteiger partial charge is 0.198 e. The number of hydrogen-bond donors (Lipinski definition) is 2. The van der Waals surface area contributed by atoms with E-state index in [1.54, 1.807) is 0 Å². The van der Waals surface area contributed by atoms with Gasteiger partial charge in [0, 0.05) is 23.4 Å². The molecule has 2 aliphatic heterocycles. The van der Waals surface area contributed by atoms with Crippen LogP contribution in [0.1, 0.15) is 47.6 Å². The number of fused-ring (bicyclic) bond motifs is 2. The highest BCUT2D eigenvalue weighted by Crippen LogP contribution is 2.46. The first-order valence-electron chi connectivity index (χ1n) is 9.53. The van der Waals surface area contributed by atoms with Crippen LogP contribution in [0, 0.1) is 0 Å². The number of benzene rings is 2. The predicted octanol–water partition coefficient (Wildman–Crippen LogP) is 3.71. The van der Waals surface area contributed by atoms with Gasteiger partial charge in [-0.2, -0.15) is 0 Å². The normalized spacial score (nSPS) is 27.1. The molecule has 1 fully saturated rings. The fraction of sp³-hybridized carbons (Fsp3) is 0.455. The Morgan fingerprint density at radius 1 is 1.19 bits per heavy atom. The minimum atomic E-state index is -0.994. The molecule has 2 aromatic carbocycles. The summed E-state index contributed by atoms with van der Waals surface area (Å²) in [5, 5.41) is 20.5. The molecule has 3 atom stereocenters. The largest absolute Gasteiger partial charge is 0.394 e. The second-order valence-corrected chi connectivity index (χ2v) is 7.91. The van der Waals surface area contributed by atoms with Gasteiger partial charge in [-0.1, -0.05) is 42.8 Å². The monoisotopic (exact) mass is 388 g/mol. The van der Waals surface area contributed by atoms with Crippen molar-refractivity contribution in [2.24, 2.45) is 0 Å². The molecule has 27 heavy (non-hydrogen) atoms. The van der Waals surface area contributed by atoms with E-state index in [1.165, 1.54) is 11.1 Å². The van der Waals surface area contributed by atoms with E-state index in [0.717, 1.165) is 29.5 Å². The maximum Gasteiger partial charge on any atom is 0.198 e. The summed E-state index contributed by atoms with van der Waals surface area (Å²) in [6.07, 6.45) is 1.52. The summed E-state index contributed by atoms with van der Waals surface area (Å²) in [5.41, 5.74) is 5.42. The summed E-state index contributed by atoms with van der Waals surface area (Å²) in [5.74, 6) is -0.994. The molecular weight excluding hydrogens is 364 g/mol. The van der Waals surface area contributed by atoms with Gasteiger partial charge in [0.25, 0.3) is 0 Å². The predicted molar refractivity (Wildman–Crippen MR) is 104 cm³/mol. The lowest BCUT2D eigenvalue weighted by Crippen LogP contribution is -2.45. The molecule has 1 saturated heterocycles. The van der Waals surface area contributed by atoms with Gasteiger partial charge in [0.15, 0.2) is 5.79 Å². The molecule has 0 radical (unpaired) electrons. The molecule has 2 heterocycles. The quantitative estimate of drug-likeness (QED) is 0.838. The summed E-state index contributed by atoms with van der Waals surface area (Å²) < 4.78 is 12.1. The van der Waals surface area contributed by atoms with Gasteiger partial charge in [0.2, 0.25) is 0 Å². The standard InChI is InChI=1S/C22H25ClO4/c1-2-14-3-5-15(6-4-14)7-16-8-20-17(9-21(16)23)13-26-22(20)11-18(25)10-19(12-24)27-22/h3-6,8-9,18-19,24-25H,2,7,10-13H2,1H3/t18?,19?,22-/m1/s1. The second kappa shape index (κ2) is 7.53. The van der Waals surface area contributed by atoms with Crippen molar-refractivity contribution in [1.82, 2.24) is 0 Å². The van der Waals surface area contributed by atoms with Crippen LogP contribution in [0.3, 0.4) is 0 Å². The summed E-state index contributed by atoms with van der Waals surface area (Å²) in [6, 6.07) is 12.6. The van der Waals surface area contributed by atoms with Gasteiger partial charge in [-0.15, -0.1) is 0 Å². The van der Waals surface area contributed by atoms with Crippen LogP contribution in [0.15, 0.2) is 36.4 Å². The first-order valence-corrected chi connectivity index (χ1v) is 9.91. The molecule has 0 bridgehead atoms. The molecule has 4 nitrogen and oxygen atoms in total. The van der Waals surface area contributed by atoms with Crippen molar-refractivity contribution < 1.29 is 19.7 Å². The minimum Gasteiger partial charge on any atom is -0.394 e. The number of hydrogen-bond acceptors (Lipinski definition) is 4. The SMILES string of the molecule is CCc1ccc(Cc2cc3c(cc2Cl)CO[C@@]32CC(O)CC(CO)O2)cc1. The summed E-state index contributed by atoms with van der Waals surface area (Å²) in [6.45, 7) is 2.40. The van der Waals surface area contributed by atoms with E-state index in [4.69, 9.17) is 21.1 Å². The Bertz CT molecular complexity index is 820. The molecule has 4 rings (SSSR count). The molecule has 0 aromatic heterocycles. The molecule has 2 unspecified atom stereocenters. The number of ether oxygens (including phenoxy) is 2. The number of aryl methyl sites for hydroxylation is 1. The Morgan fingerprint density at radius 2 is 1.93 bits per heavy atom. The lowest BCUT2D eigenvalue weighted by molar-refractivity contribution is -0.302. The van der Waals surface area contributed by atoms with Crippen molar-refractivity contribution in [2.45, 2.75) is 57.2 Å². The fourth-order valence-electron chi connectivity index (χ4n) is 4.09. The summed E-state index contributed by atoms with van der Waals surface area (Å²) in [7, 11) is 0. The third-order valence-electron chi connectivity index (χ3n) is 5.57. The zero-order valence-corrected chi connectivity index (χ0v) is 16.2. The minimum absolute atomic E-state index is 0.137. The Morgan fingerprint density at radius 3 is 2.63 bits per heavy atom. The third-order valence-corrected chi connectivity index (χ3v) is 5.92. The second-order valence-electron chi connectivity index (χ2n) is 7.51. The number of aliphatic hydroxyl groups is 2. The fourth-order valence-corrected chi connectivity index (χ4v) is 4.35. The van der Waals surface area contributed by atoms with E-state index in [1.807, 2.05) is 12.1 Å². The number of halogens is 1. The van der Waals surface area contributed by atoms with Crippen molar-refractivity contribution in [3.63, 3.8) is 0 Å². The maximum atomic E-state index is 10.3. The van der Waals surface area contributed by atoms with Crippen LogP contribution in [-0.2, 0) is 34.7 Å². The average Bonchev–Trinajstić information content (AvgIpc) is 2.98.